The molecule has 0 aromatic heterocycles. The zero-order chi connectivity index (χ0) is 24.3. The van der Waals surface area contributed by atoms with Crippen LogP contribution in [0.1, 0.15) is 50.7 Å². The number of benzene rings is 2. The minimum atomic E-state index is -0.582. The lowest BCUT2D eigenvalue weighted by molar-refractivity contribution is -0.0877. The average Bonchev–Trinajstić information content (AvgIpc) is 3.09. The molecule has 1 aliphatic carbocycles. The summed E-state index contributed by atoms with van der Waals surface area (Å²) < 4.78 is 5.32. The molecule has 1 unspecified atom stereocenters. The SMILES string of the molecule is COc1ccc(CN2CC3(CCC(c4ccccc4)(N(C)C)CC3)N(CC=C(C)C)C2O)cc1. The number of aliphatic hydroxyl groups is 1. The first-order valence-corrected chi connectivity index (χ1v) is 12.5. The van der Waals surface area contributed by atoms with E-state index in [0.29, 0.717) is 0 Å². The van der Waals surface area contributed by atoms with E-state index in [-0.39, 0.29) is 11.1 Å². The third-order valence-electron chi connectivity index (χ3n) is 8.13. The van der Waals surface area contributed by atoms with Crippen LogP contribution in [0.4, 0.5) is 0 Å². The van der Waals surface area contributed by atoms with Gasteiger partial charge in [0.05, 0.1) is 7.11 Å². The highest BCUT2D eigenvalue weighted by Crippen LogP contribution is 2.49. The maximum absolute atomic E-state index is 11.5. The van der Waals surface area contributed by atoms with Crippen LogP contribution in [-0.4, -0.2) is 66.0 Å². The molecule has 5 heteroatoms. The molecule has 34 heavy (non-hydrogen) atoms. The second-order valence-electron chi connectivity index (χ2n) is 10.5. The Morgan fingerprint density at radius 1 is 1.03 bits per heavy atom. The first kappa shape index (κ1) is 24.9. The number of rotatable bonds is 7. The molecule has 184 valence electrons. The average molecular weight is 464 g/mol. The van der Waals surface area contributed by atoms with Crippen molar-refractivity contribution in [1.29, 1.82) is 0 Å². The molecular weight excluding hydrogens is 422 g/mol. The quantitative estimate of drug-likeness (QED) is 0.596. The fraction of sp³-hybridized carbons (Fsp3) is 0.517. The minimum Gasteiger partial charge on any atom is -0.497 e. The van der Waals surface area contributed by atoms with Gasteiger partial charge in [-0.05, 0) is 76.9 Å². The molecule has 0 radical (unpaired) electrons. The summed E-state index contributed by atoms with van der Waals surface area (Å²) in [6.07, 6.45) is 5.96. The van der Waals surface area contributed by atoms with E-state index < -0.39 is 6.35 Å². The lowest BCUT2D eigenvalue weighted by atomic mass is 9.68. The second-order valence-corrected chi connectivity index (χ2v) is 10.5. The summed E-state index contributed by atoms with van der Waals surface area (Å²) in [4.78, 5) is 7.01. The highest BCUT2D eigenvalue weighted by atomic mass is 16.5. The van der Waals surface area contributed by atoms with Gasteiger partial charge in [-0.25, -0.2) is 0 Å². The van der Waals surface area contributed by atoms with E-state index in [1.807, 2.05) is 12.1 Å². The first-order valence-electron chi connectivity index (χ1n) is 12.5. The molecular formula is C29H41N3O2. The van der Waals surface area contributed by atoms with Crippen molar-refractivity contribution in [2.75, 3.05) is 34.3 Å². The summed E-state index contributed by atoms with van der Waals surface area (Å²) in [6.45, 7) is 6.67. The minimum absolute atomic E-state index is 0.0217. The summed E-state index contributed by atoms with van der Waals surface area (Å²) in [6, 6.07) is 19.2. The fourth-order valence-corrected chi connectivity index (χ4v) is 5.98. The Morgan fingerprint density at radius 3 is 2.24 bits per heavy atom. The van der Waals surface area contributed by atoms with Crippen molar-refractivity contribution >= 4 is 0 Å². The topological polar surface area (TPSA) is 39.2 Å². The Hall–Kier alpha value is -2.18. The van der Waals surface area contributed by atoms with Crippen LogP contribution in [0.5, 0.6) is 5.75 Å². The molecule has 1 heterocycles. The van der Waals surface area contributed by atoms with Crippen molar-refractivity contribution in [2.24, 2.45) is 0 Å². The molecule has 2 aromatic rings. The van der Waals surface area contributed by atoms with Gasteiger partial charge in [0.25, 0.3) is 0 Å². The Labute approximate surface area is 205 Å². The molecule has 0 amide bonds. The zero-order valence-electron chi connectivity index (χ0n) is 21.5. The van der Waals surface area contributed by atoms with E-state index in [2.05, 4.69) is 91.2 Å². The van der Waals surface area contributed by atoms with Gasteiger partial charge in [0.15, 0.2) is 6.35 Å². The number of methoxy groups -OCH3 is 1. The molecule has 1 saturated carbocycles. The third-order valence-corrected chi connectivity index (χ3v) is 8.13. The van der Waals surface area contributed by atoms with Crippen molar-refractivity contribution in [3.05, 3.63) is 77.4 Å². The zero-order valence-corrected chi connectivity index (χ0v) is 21.5. The predicted octanol–water partition coefficient (Wildman–Crippen LogP) is 4.82. The van der Waals surface area contributed by atoms with Gasteiger partial charge in [-0.15, -0.1) is 0 Å². The van der Waals surface area contributed by atoms with Crippen molar-refractivity contribution < 1.29 is 9.84 Å². The number of hydrogen-bond acceptors (Lipinski definition) is 5. The van der Waals surface area contributed by atoms with Gasteiger partial charge in [0.2, 0.25) is 0 Å². The summed E-state index contributed by atoms with van der Waals surface area (Å²) in [5, 5.41) is 11.5. The molecule has 0 bridgehead atoms. The second kappa shape index (κ2) is 10.2. The summed E-state index contributed by atoms with van der Waals surface area (Å²) in [5.41, 5.74) is 3.91. The summed E-state index contributed by atoms with van der Waals surface area (Å²) in [7, 11) is 6.12. The van der Waals surface area contributed by atoms with E-state index in [1.165, 1.54) is 16.7 Å². The molecule has 2 fully saturated rings. The number of hydrogen-bond donors (Lipinski definition) is 1. The van der Waals surface area contributed by atoms with Gasteiger partial charge in [0, 0.05) is 30.7 Å². The van der Waals surface area contributed by atoms with Crippen LogP contribution >= 0.6 is 0 Å². The highest BCUT2D eigenvalue weighted by Gasteiger charge is 2.54. The third kappa shape index (κ3) is 4.80. The molecule has 1 atom stereocenters. The van der Waals surface area contributed by atoms with Crippen LogP contribution in [0.2, 0.25) is 0 Å². The van der Waals surface area contributed by atoms with E-state index in [4.69, 9.17) is 4.74 Å². The Bertz CT molecular complexity index is 959. The van der Waals surface area contributed by atoms with Gasteiger partial charge in [-0.2, -0.15) is 0 Å². The Morgan fingerprint density at radius 2 is 1.68 bits per heavy atom. The van der Waals surface area contributed by atoms with E-state index in [1.54, 1.807) is 7.11 Å². The summed E-state index contributed by atoms with van der Waals surface area (Å²) >= 11 is 0. The largest absolute Gasteiger partial charge is 0.497 e. The maximum atomic E-state index is 11.5. The predicted molar refractivity (Wildman–Crippen MR) is 139 cm³/mol. The normalized spacial score (nSPS) is 27.9. The van der Waals surface area contributed by atoms with Crippen LogP contribution in [-0.2, 0) is 12.1 Å². The number of nitrogens with zero attached hydrogens (tertiary/aromatic N) is 3. The van der Waals surface area contributed by atoms with Crippen molar-refractivity contribution in [3.8, 4) is 5.75 Å². The van der Waals surface area contributed by atoms with Crippen LogP contribution in [0.25, 0.3) is 0 Å². The highest BCUT2D eigenvalue weighted by molar-refractivity contribution is 5.28. The van der Waals surface area contributed by atoms with Gasteiger partial charge in [-0.3, -0.25) is 14.7 Å². The van der Waals surface area contributed by atoms with Crippen LogP contribution in [0, 0.1) is 0 Å². The molecule has 1 N–H and O–H groups in total. The van der Waals surface area contributed by atoms with E-state index in [0.717, 1.165) is 51.1 Å². The molecule has 2 aliphatic rings. The van der Waals surface area contributed by atoms with E-state index >= 15 is 0 Å². The molecule has 1 spiro atoms. The molecule has 1 aliphatic heterocycles. The molecule has 4 rings (SSSR count). The lowest BCUT2D eigenvalue weighted by Crippen LogP contribution is -2.56. The maximum Gasteiger partial charge on any atom is 0.166 e. The number of allylic oxidation sites excluding steroid dienone is 1. The lowest BCUT2D eigenvalue weighted by Gasteiger charge is -2.51. The van der Waals surface area contributed by atoms with Gasteiger partial charge in [0.1, 0.15) is 5.75 Å². The van der Waals surface area contributed by atoms with Crippen molar-refractivity contribution in [1.82, 2.24) is 14.7 Å². The van der Waals surface area contributed by atoms with Crippen molar-refractivity contribution in [3.63, 3.8) is 0 Å². The molecule has 5 nitrogen and oxygen atoms in total. The van der Waals surface area contributed by atoms with Crippen molar-refractivity contribution in [2.45, 2.75) is 63.5 Å². The van der Waals surface area contributed by atoms with Crippen LogP contribution in [0.3, 0.4) is 0 Å². The smallest absolute Gasteiger partial charge is 0.166 e. The standard InChI is InChI=1S/C29H41N3O2/c1-23(2)15-20-32-27(33)31(21-24-11-13-26(34-5)14-12-24)22-28(32)16-18-29(19-17-28,30(3)4)25-9-7-6-8-10-25/h6-15,27,33H,16-22H2,1-5H3. The monoisotopic (exact) mass is 463 g/mol. The van der Waals surface area contributed by atoms with E-state index in [9.17, 15) is 5.11 Å². The van der Waals surface area contributed by atoms with Gasteiger partial charge >= 0.3 is 0 Å². The summed E-state index contributed by atoms with van der Waals surface area (Å²) in [5.74, 6) is 0.862. The number of aliphatic hydroxyl groups excluding tert-OH is 1. The number of ether oxygens (including phenoxy) is 1. The first-order chi connectivity index (χ1) is 16.3. The Balaban J connectivity index is 1.58. The van der Waals surface area contributed by atoms with Gasteiger partial charge in [-0.1, -0.05) is 54.1 Å². The Kier molecular flexibility index (Phi) is 7.48. The fourth-order valence-electron chi connectivity index (χ4n) is 5.98. The molecule has 1 saturated heterocycles. The molecule has 2 aromatic carbocycles. The van der Waals surface area contributed by atoms with Crippen LogP contribution in [0.15, 0.2) is 66.2 Å². The van der Waals surface area contributed by atoms with Crippen LogP contribution < -0.4 is 4.74 Å². The van der Waals surface area contributed by atoms with Gasteiger partial charge < -0.3 is 9.84 Å².